The lowest BCUT2D eigenvalue weighted by molar-refractivity contribution is -0.227. The van der Waals surface area contributed by atoms with Crippen molar-refractivity contribution in [2.45, 2.75) is 123 Å². The van der Waals surface area contributed by atoms with E-state index in [1.807, 2.05) is 0 Å². The van der Waals surface area contributed by atoms with Gasteiger partial charge in [0.15, 0.2) is 5.79 Å². The molecule has 32 heavy (non-hydrogen) atoms. The molecule has 4 saturated carbocycles. The Hall–Kier alpha value is -0.120. The quantitative estimate of drug-likeness (QED) is 0.429. The van der Waals surface area contributed by atoms with Crippen molar-refractivity contribution in [2.24, 2.45) is 46.3 Å². The first-order chi connectivity index (χ1) is 15.2. The molecule has 2 spiro atoms. The Balaban J connectivity index is 1.20. The van der Waals surface area contributed by atoms with E-state index >= 15 is 0 Å². The number of hydrogen-bond acceptors (Lipinski definition) is 3. The minimum Gasteiger partial charge on any atom is -0.365 e. The maximum Gasteiger partial charge on any atom is 0.171 e. The predicted octanol–water partition coefficient (Wildman–Crippen LogP) is 6.98. The molecule has 6 fully saturated rings. The molecular weight excluding hydrogens is 396 g/mol. The number of fused-ring (bicyclic) bond motifs is 4. The summed E-state index contributed by atoms with van der Waals surface area (Å²) < 4.78 is 19.1. The van der Waals surface area contributed by atoms with Crippen molar-refractivity contribution >= 4 is 0 Å². The zero-order chi connectivity index (χ0) is 22.4. The van der Waals surface area contributed by atoms with Crippen molar-refractivity contribution in [3.05, 3.63) is 0 Å². The molecule has 182 valence electrons. The third kappa shape index (κ3) is 3.02. The maximum atomic E-state index is 6.72. The van der Waals surface area contributed by atoms with E-state index in [9.17, 15) is 0 Å². The highest BCUT2D eigenvalue weighted by Crippen LogP contribution is 2.75. The zero-order valence-corrected chi connectivity index (χ0v) is 21.5. The van der Waals surface area contributed by atoms with E-state index in [1.165, 1.54) is 57.8 Å². The molecule has 0 bridgehead atoms. The van der Waals surface area contributed by atoms with Crippen molar-refractivity contribution in [2.75, 3.05) is 13.2 Å². The van der Waals surface area contributed by atoms with Gasteiger partial charge >= 0.3 is 0 Å². The first-order valence-corrected chi connectivity index (χ1v) is 14.2. The van der Waals surface area contributed by atoms with E-state index in [0.29, 0.717) is 16.9 Å². The summed E-state index contributed by atoms with van der Waals surface area (Å²) in [7, 11) is 0. The Bertz CT molecular complexity index is 728. The average Bonchev–Trinajstić information content (AvgIpc) is 3.07. The molecule has 0 amide bonds. The minimum absolute atomic E-state index is 0.0483. The molecule has 6 rings (SSSR count). The van der Waals surface area contributed by atoms with Crippen LogP contribution in [0.4, 0.5) is 0 Å². The molecule has 2 aliphatic heterocycles. The minimum atomic E-state index is -0.325. The van der Waals surface area contributed by atoms with Gasteiger partial charge in [-0.05, 0) is 79.4 Å². The van der Waals surface area contributed by atoms with Crippen LogP contribution in [0, 0.1) is 46.3 Å². The van der Waals surface area contributed by atoms with Crippen LogP contribution in [0.3, 0.4) is 0 Å². The number of hydrogen-bond donors (Lipinski definition) is 0. The first kappa shape index (κ1) is 22.4. The molecule has 2 heterocycles. The summed E-state index contributed by atoms with van der Waals surface area (Å²) in [6.45, 7) is 14.2. The van der Waals surface area contributed by atoms with Crippen LogP contribution in [-0.2, 0) is 14.2 Å². The Morgan fingerprint density at radius 3 is 2.41 bits per heavy atom. The van der Waals surface area contributed by atoms with Gasteiger partial charge in [0.25, 0.3) is 0 Å². The fourth-order valence-corrected chi connectivity index (χ4v) is 10.4. The van der Waals surface area contributed by atoms with Gasteiger partial charge in [-0.3, -0.25) is 0 Å². The lowest BCUT2D eigenvalue weighted by Gasteiger charge is -2.60. The third-order valence-electron chi connectivity index (χ3n) is 12.1. The standard InChI is InChI=1S/C29H48O3/c1-19(2)7-6-8-20(3)22-9-10-23-21-17-25-29(32-25)18-28(30-15-16-31-28)14-13-27(29,5)24(21)11-12-26(22,23)4/h19-25H,6-18H2,1-5H3/t20-,21+,22-,23+,24+,25+,26-,27-,29+/m1/s1. The van der Waals surface area contributed by atoms with E-state index < -0.39 is 0 Å². The van der Waals surface area contributed by atoms with E-state index in [2.05, 4.69) is 34.6 Å². The van der Waals surface area contributed by atoms with E-state index in [4.69, 9.17) is 14.2 Å². The first-order valence-electron chi connectivity index (χ1n) is 14.2. The highest BCUT2D eigenvalue weighted by Gasteiger charge is 2.78. The zero-order valence-electron chi connectivity index (χ0n) is 21.5. The van der Waals surface area contributed by atoms with Crippen LogP contribution in [0.25, 0.3) is 0 Å². The highest BCUT2D eigenvalue weighted by atomic mass is 16.7. The summed E-state index contributed by atoms with van der Waals surface area (Å²) in [5, 5.41) is 0. The van der Waals surface area contributed by atoms with Crippen LogP contribution >= 0.6 is 0 Å². The summed E-state index contributed by atoms with van der Waals surface area (Å²) in [6.07, 6.45) is 15.1. The van der Waals surface area contributed by atoms with Gasteiger partial charge in [0.1, 0.15) is 5.60 Å². The Kier molecular flexibility index (Phi) is 5.20. The van der Waals surface area contributed by atoms with Crippen molar-refractivity contribution in [3.8, 4) is 0 Å². The van der Waals surface area contributed by atoms with Crippen LogP contribution < -0.4 is 0 Å². The van der Waals surface area contributed by atoms with Gasteiger partial charge in [0.2, 0.25) is 0 Å². The molecule has 0 aromatic carbocycles. The summed E-state index contributed by atoms with van der Waals surface area (Å²) in [4.78, 5) is 0. The molecule has 0 N–H and O–H groups in total. The van der Waals surface area contributed by atoms with Gasteiger partial charge in [0.05, 0.1) is 19.3 Å². The third-order valence-corrected chi connectivity index (χ3v) is 12.1. The van der Waals surface area contributed by atoms with Crippen molar-refractivity contribution in [1.29, 1.82) is 0 Å². The van der Waals surface area contributed by atoms with Crippen molar-refractivity contribution in [1.82, 2.24) is 0 Å². The van der Waals surface area contributed by atoms with Crippen molar-refractivity contribution in [3.63, 3.8) is 0 Å². The van der Waals surface area contributed by atoms with Crippen molar-refractivity contribution < 1.29 is 14.2 Å². The predicted molar refractivity (Wildman–Crippen MR) is 127 cm³/mol. The summed E-state index contributed by atoms with van der Waals surface area (Å²) in [6, 6.07) is 0. The molecule has 0 unspecified atom stereocenters. The topological polar surface area (TPSA) is 31.0 Å². The largest absolute Gasteiger partial charge is 0.365 e. The highest BCUT2D eigenvalue weighted by molar-refractivity contribution is 5.25. The monoisotopic (exact) mass is 444 g/mol. The van der Waals surface area contributed by atoms with Crippen LogP contribution in [-0.4, -0.2) is 30.7 Å². The fraction of sp³-hybridized carbons (Fsp3) is 1.00. The molecule has 0 aromatic heterocycles. The van der Waals surface area contributed by atoms with E-state index in [1.54, 1.807) is 0 Å². The second kappa shape index (κ2) is 7.44. The van der Waals surface area contributed by atoms with Gasteiger partial charge in [-0.2, -0.15) is 0 Å². The molecule has 3 nitrogen and oxygen atoms in total. The molecular formula is C29H48O3. The van der Waals surface area contributed by atoms with Gasteiger partial charge < -0.3 is 14.2 Å². The molecule has 6 aliphatic rings. The summed E-state index contributed by atoms with van der Waals surface area (Å²) in [5.41, 5.74) is 0.938. The van der Waals surface area contributed by atoms with Gasteiger partial charge in [-0.15, -0.1) is 0 Å². The maximum absolute atomic E-state index is 6.72. The number of rotatable bonds is 5. The van der Waals surface area contributed by atoms with E-state index in [-0.39, 0.29) is 11.4 Å². The molecule has 2 saturated heterocycles. The molecule has 0 aromatic rings. The molecule has 9 atom stereocenters. The molecule has 0 radical (unpaired) electrons. The Morgan fingerprint density at radius 1 is 0.875 bits per heavy atom. The lowest BCUT2D eigenvalue weighted by atomic mass is 9.44. The molecule has 3 heteroatoms. The second-order valence-electron chi connectivity index (χ2n) is 13.8. The SMILES string of the molecule is CC(C)CCC[C@@H](C)[C@H]1CC[C@H]2[C@@H]3C[C@@H]4O[C@@]45CC4(CC[C@]5(C)[C@H]3CC[C@]12C)OCCO4. The second-order valence-corrected chi connectivity index (χ2v) is 13.8. The van der Waals surface area contributed by atoms with Gasteiger partial charge in [0, 0.05) is 18.3 Å². The average molecular weight is 445 g/mol. The normalized spacial score (nSPS) is 51.8. The van der Waals surface area contributed by atoms with Crippen LogP contribution in [0.2, 0.25) is 0 Å². The number of epoxide rings is 1. The lowest BCUT2D eigenvalue weighted by Crippen LogP contribution is -2.61. The molecule has 4 aliphatic carbocycles. The fourth-order valence-electron chi connectivity index (χ4n) is 10.4. The van der Waals surface area contributed by atoms with Gasteiger partial charge in [-0.25, -0.2) is 0 Å². The summed E-state index contributed by atoms with van der Waals surface area (Å²) >= 11 is 0. The van der Waals surface area contributed by atoms with Crippen LogP contribution in [0.5, 0.6) is 0 Å². The van der Waals surface area contributed by atoms with Crippen LogP contribution in [0.15, 0.2) is 0 Å². The smallest absolute Gasteiger partial charge is 0.171 e. The van der Waals surface area contributed by atoms with Gasteiger partial charge in [-0.1, -0.05) is 53.9 Å². The van der Waals surface area contributed by atoms with Crippen LogP contribution in [0.1, 0.15) is 105 Å². The summed E-state index contributed by atoms with van der Waals surface area (Å²) in [5.74, 6) is 5.00. The van der Waals surface area contributed by atoms with E-state index in [0.717, 1.165) is 61.6 Å². The Morgan fingerprint density at radius 2 is 1.66 bits per heavy atom. The Labute approximate surface area is 196 Å². The number of ether oxygens (including phenoxy) is 3.